The number of nitrogens with zero attached hydrogens (tertiary/aromatic N) is 3. The third kappa shape index (κ3) is 2.41. The highest BCUT2D eigenvalue weighted by atomic mass is 16.5. The van der Waals surface area contributed by atoms with Gasteiger partial charge in [0.25, 0.3) is 5.91 Å². The molecule has 1 amide bonds. The van der Waals surface area contributed by atoms with E-state index in [4.69, 9.17) is 9.26 Å². The molecule has 90 valence electrons. The van der Waals surface area contributed by atoms with Crippen LogP contribution in [0.2, 0.25) is 0 Å². The van der Waals surface area contributed by atoms with Gasteiger partial charge in [-0.3, -0.25) is 10.1 Å². The summed E-state index contributed by atoms with van der Waals surface area (Å²) < 4.78 is 9.83. The zero-order valence-electron chi connectivity index (χ0n) is 9.35. The Morgan fingerprint density at radius 1 is 1.65 bits per heavy atom. The lowest BCUT2D eigenvalue weighted by molar-refractivity contribution is 0.102. The molecule has 2 aromatic heterocycles. The predicted molar refractivity (Wildman–Crippen MR) is 56.7 cm³/mol. The molecule has 0 aliphatic heterocycles. The van der Waals surface area contributed by atoms with E-state index in [-0.39, 0.29) is 17.9 Å². The Kier molecular flexibility index (Phi) is 3.03. The molecule has 0 bridgehead atoms. The van der Waals surface area contributed by atoms with Crippen LogP contribution in [0.25, 0.3) is 0 Å². The van der Waals surface area contributed by atoms with Crippen molar-refractivity contribution in [2.24, 2.45) is 0 Å². The summed E-state index contributed by atoms with van der Waals surface area (Å²) in [5.41, 5.74) is 0.347. The summed E-state index contributed by atoms with van der Waals surface area (Å²) in [4.78, 5) is 15.6. The lowest BCUT2D eigenvalue weighted by Crippen LogP contribution is -2.13. The number of ether oxygens (including phenoxy) is 1. The fourth-order valence-corrected chi connectivity index (χ4v) is 1.19. The molecular formula is C9H11N5O3. The zero-order valence-corrected chi connectivity index (χ0v) is 9.35. The first-order valence-corrected chi connectivity index (χ1v) is 4.98. The van der Waals surface area contributed by atoms with Crippen molar-refractivity contribution in [2.45, 2.75) is 13.8 Å². The molecule has 0 unspecified atom stereocenters. The summed E-state index contributed by atoms with van der Waals surface area (Å²) >= 11 is 0. The second-order valence-corrected chi connectivity index (χ2v) is 3.15. The van der Waals surface area contributed by atoms with Crippen molar-refractivity contribution in [1.82, 2.24) is 20.3 Å². The number of carbonyl (C=O) groups is 1. The van der Waals surface area contributed by atoms with Gasteiger partial charge in [0.2, 0.25) is 5.95 Å². The van der Waals surface area contributed by atoms with E-state index in [0.717, 1.165) is 0 Å². The molecule has 0 fully saturated rings. The quantitative estimate of drug-likeness (QED) is 0.812. The maximum Gasteiger partial charge on any atom is 0.337 e. The van der Waals surface area contributed by atoms with E-state index in [2.05, 4.69) is 25.7 Å². The van der Waals surface area contributed by atoms with E-state index >= 15 is 0 Å². The minimum Gasteiger partial charge on any atom is -0.463 e. The second kappa shape index (κ2) is 4.64. The number of aromatic amines is 1. The number of hydrogen-bond donors (Lipinski definition) is 2. The van der Waals surface area contributed by atoms with Crippen LogP contribution in [-0.4, -0.2) is 32.9 Å². The van der Waals surface area contributed by atoms with Crippen LogP contribution < -0.4 is 10.1 Å². The third-order valence-electron chi connectivity index (χ3n) is 1.97. The smallest absolute Gasteiger partial charge is 0.337 e. The Labute approximate surface area is 96.4 Å². The average molecular weight is 237 g/mol. The number of aromatic nitrogens is 4. The summed E-state index contributed by atoms with van der Waals surface area (Å²) in [6, 6.07) is 0.185. The van der Waals surface area contributed by atoms with E-state index in [1.54, 1.807) is 6.92 Å². The van der Waals surface area contributed by atoms with Crippen LogP contribution in [0.4, 0.5) is 5.95 Å². The fraction of sp³-hybridized carbons (Fsp3) is 0.333. The molecule has 0 aliphatic carbocycles. The lowest BCUT2D eigenvalue weighted by Gasteiger charge is -1.97. The first kappa shape index (κ1) is 11.1. The molecule has 8 nitrogen and oxygen atoms in total. The van der Waals surface area contributed by atoms with Gasteiger partial charge in [-0.15, -0.1) is 5.10 Å². The Bertz CT molecular complexity index is 518. The molecule has 0 aliphatic rings. The number of H-pyrrole nitrogens is 1. The molecule has 2 rings (SSSR count). The minimum atomic E-state index is -0.372. The van der Waals surface area contributed by atoms with Crippen molar-refractivity contribution in [3.05, 3.63) is 17.5 Å². The molecule has 17 heavy (non-hydrogen) atoms. The summed E-state index contributed by atoms with van der Waals surface area (Å²) in [6.07, 6.45) is 1.34. The standard InChI is InChI=1S/C9H11N5O3/c1-3-16-9-12-8(13-14-9)11-7(15)6-4-10-17-5(6)2/h4H,3H2,1-2H3,(H2,11,12,13,14,15). The van der Waals surface area contributed by atoms with E-state index in [1.807, 2.05) is 6.92 Å². The van der Waals surface area contributed by atoms with E-state index in [0.29, 0.717) is 17.9 Å². The van der Waals surface area contributed by atoms with Gasteiger partial charge in [0.05, 0.1) is 12.8 Å². The molecule has 2 N–H and O–H groups in total. The maximum absolute atomic E-state index is 11.7. The number of amides is 1. The van der Waals surface area contributed by atoms with Crippen LogP contribution in [0.3, 0.4) is 0 Å². The van der Waals surface area contributed by atoms with Gasteiger partial charge in [-0.2, -0.15) is 4.98 Å². The van der Waals surface area contributed by atoms with Crippen molar-refractivity contribution in [3.63, 3.8) is 0 Å². The Morgan fingerprint density at radius 2 is 2.47 bits per heavy atom. The van der Waals surface area contributed by atoms with Crippen LogP contribution in [0, 0.1) is 6.92 Å². The van der Waals surface area contributed by atoms with Gasteiger partial charge in [0.1, 0.15) is 11.3 Å². The van der Waals surface area contributed by atoms with Crippen molar-refractivity contribution < 1.29 is 14.1 Å². The third-order valence-corrected chi connectivity index (χ3v) is 1.97. The molecule has 0 spiro atoms. The zero-order chi connectivity index (χ0) is 12.3. The molecule has 8 heteroatoms. The number of carbonyl (C=O) groups excluding carboxylic acids is 1. The van der Waals surface area contributed by atoms with Gasteiger partial charge >= 0.3 is 6.01 Å². The van der Waals surface area contributed by atoms with Crippen LogP contribution >= 0.6 is 0 Å². The lowest BCUT2D eigenvalue weighted by atomic mass is 10.2. The number of hydrogen-bond acceptors (Lipinski definition) is 6. The largest absolute Gasteiger partial charge is 0.463 e. The summed E-state index contributed by atoms with van der Waals surface area (Å²) in [5.74, 6) is 0.272. The molecular weight excluding hydrogens is 226 g/mol. The van der Waals surface area contributed by atoms with Crippen LogP contribution in [0.1, 0.15) is 23.0 Å². The molecule has 0 saturated carbocycles. The predicted octanol–water partition coefficient (Wildman–Crippen LogP) is 0.752. The highest BCUT2D eigenvalue weighted by Crippen LogP contribution is 2.10. The summed E-state index contributed by atoms with van der Waals surface area (Å²) in [5, 5.41) is 12.3. The van der Waals surface area contributed by atoms with Gasteiger partial charge < -0.3 is 9.26 Å². The summed E-state index contributed by atoms with van der Waals surface area (Å²) in [7, 11) is 0. The SMILES string of the molecule is CCOc1n[nH]c(NC(=O)c2cnoc2C)n1. The number of aryl methyl sites for hydroxylation is 1. The van der Waals surface area contributed by atoms with Crippen molar-refractivity contribution in [1.29, 1.82) is 0 Å². The number of anilines is 1. The first-order valence-electron chi connectivity index (χ1n) is 4.98. The molecule has 0 atom stereocenters. The van der Waals surface area contributed by atoms with Crippen LogP contribution in [0.15, 0.2) is 10.7 Å². The van der Waals surface area contributed by atoms with Crippen molar-refractivity contribution in [2.75, 3.05) is 11.9 Å². The van der Waals surface area contributed by atoms with Gasteiger partial charge in [-0.05, 0) is 13.8 Å². The fourth-order valence-electron chi connectivity index (χ4n) is 1.19. The Balaban J connectivity index is 2.05. The van der Waals surface area contributed by atoms with Crippen molar-refractivity contribution in [3.8, 4) is 6.01 Å². The molecule has 2 heterocycles. The number of rotatable bonds is 4. The van der Waals surface area contributed by atoms with Gasteiger partial charge in [0, 0.05) is 0 Å². The first-order chi connectivity index (χ1) is 8.20. The van der Waals surface area contributed by atoms with E-state index in [1.165, 1.54) is 6.20 Å². The molecule has 0 saturated heterocycles. The second-order valence-electron chi connectivity index (χ2n) is 3.15. The topological polar surface area (TPSA) is 106 Å². The van der Waals surface area contributed by atoms with Crippen LogP contribution in [-0.2, 0) is 0 Å². The van der Waals surface area contributed by atoms with Crippen LogP contribution in [0.5, 0.6) is 6.01 Å². The minimum absolute atomic E-state index is 0.185. The molecule has 0 radical (unpaired) electrons. The average Bonchev–Trinajstić information content (AvgIpc) is 2.88. The maximum atomic E-state index is 11.7. The Morgan fingerprint density at radius 3 is 3.12 bits per heavy atom. The normalized spacial score (nSPS) is 10.2. The van der Waals surface area contributed by atoms with Gasteiger partial charge in [0.15, 0.2) is 0 Å². The Hall–Kier alpha value is -2.38. The molecule has 0 aromatic carbocycles. The van der Waals surface area contributed by atoms with E-state index < -0.39 is 0 Å². The highest BCUT2D eigenvalue weighted by molar-refractivity contribution is 6.03. The van der Waals surface area contributed by atoms with E-state index in [9.17, 15) is 4.79 Å². The van der Waals surface area contributed by atoms with Gasteiger partial charge in [-0.25, -0.2) is 5.10 Å². The molecule has 2 aromatic rings. The summed E-state index contributed by atoms with van der Waals surface area (Å²) in [6.45, 7) is 3.92. The number of nitrogens with one attached hydrogen (secondary N) is 2. The highest BCUT2D eigenvalue weighted by Gasteiger charge is 2.14. The van der Waals surface area contributed by atoms with Crippen molar-refractivity contribution >= 4 is 11.9 Å². The monoisotopic (exact) mass is 237 g/mol. The van der Waals surface area contributed by atoms with Gasteiger partial charge in [-0.1, -0.05) is 5.16 Å².